The average Bonchev–Trinajstić information content (AvgIpc) is 2.46. The third kappa shape index (κ3) is 3.27. The van der Waals surface area contributed by atoms with E-state index in [4.69, 9.17) is 4.98 Å². The summed E-state index contributed by atoms with van der Waals surface area (Å²) in [4.78, 5) is 16.2. The molecule has 0 aromatic carbocycles. The predicted octanol–water partition coefficient (Wildman–Crippen LogP) is 2.73. The Kier molecular flexibility index (Phi) is 3.72. The van der Waals surface area contributed by atoms with Crippen molar-refractivity contribution in [2.45, 2.75) is 45.7 Å². The molecule has 0 aliphatic carbocycles. The first-order valence-corrected chi connectivity index (χ1v) is 7.50. The highest BCUT2D eigenvalue weighted by Crippen LogP contribution is 2.23. The number of hydrogen-bond donors (Lipinski definition) is 0. The van der Waals surface area contributed by atoms with Crippen LogP contribution >= 0.6 is 0 Å². The average molecular weight is 282 g/mol. The molecule has 21 heavy (non-hydrogen) atoms. The molecule has 3 heterocycles. The zero-order valence-corrected chi connectivity index (χ0v) is 13.0. The fourth-order valence-electron chi connectivity index (χ4n) is 2.57. The van der Waals surface area contributed by atoms with Gasteiger partial charge in [0.1, 0.15) is 5.82 Å². The van der Waals surface area contributed by atoms with Crippen LogP contribution in [0.15, 0.2) is 30.6 Å². The van der Waals surface area contributed by atoms with Crippen LogP contribution in [-0.4, -0.2) is 26.4 Å². The quantitative estimate of drug-likeness (QED) is 0.849. The van der Waals surface area contributed by atoms with Crippen molar-refractivity contribution in [3.8, 4) is 0 Å². The predicted molar refractivity (Wildman–Crippen MR) is 82.8 cm³/mol. The molecule has 0 N–H and O–H groups in total. The van der Waals surface area contributed by atoms with Crippen LogP contribution in [0.3, 0.4) is 0 Å². The lowest BCUT2D eigenvalue weighted by Gasteiger charge is -2.28. The van der Waals surface area contributed by atoms with Crippen LogP contribution in [0.1, 0.15) is 43.5 Å². The second-order valence-corrected chi connectivity index (χ2v) is 6.70. The van der Waals surface area contributed by atoms with Crippen LogP contribution in [-0.2, 0) is 24.9 Å². The summed E-state index contributed by atoms with van der Waals surface area (Å²) >= 11 is 0. The summed E-state index contributed by atoms with van der Waals surface area (Å²) in [7, 11) is 0. The highest BCUT2D eigenvalue weighted by Gasteiger charge is 2.23. The maximum Gasteiger partial charge on any atom is 0.133 e. The van der Waals surface area contributed by atoms with Gasteiger partial charge in [-0.2, -0.15) is 0 Å². The molecule has 0 spiro atoms. The normalized spacial score (nSPS) is 15.8. The summed E-state index contributed by atoms with van der Waals surface area (Å²) in [6.45, 7) is 9.28. The van der Waals surface area contributed by atoms with Crippen LogP contribution in [0.4, 0.5) is 0 Å². The molecule has 0 atom stereocenters. The van der Waals surface area contributed by atoms with Crippen molar-refractivity contribution < 1.29 is 0 Å². The van der Waals surface area contributed by atoms with Crippen molar-refractivity contribution in [2.75, 3.05) is 6.54 Å². The summed E-state index contributed by atoms with van der Waals surface area (Å²) in [5, 5.41) is 0. The Morgan fingerprint density at radius 3 is 2.76 bits per heavy atom. The smallest absolute Gasteiger partial charge is 0.133 e. The van der Waals surface area contributed by atoms with Crippen molar-refractivity contribution in [3.05, 3.63) is 53.4 Å². The Balaban J connectivity index is 1.78. The summed E-state index contributed by atoms with van der Waals surface area (Å²) in [5.74, 6) is 0.931. The summed E-state index contributed by atoms with van der Waals surface area (Å²) in [6.07, 6.45) is 4.89. The molecule has 0 unspecified atom stereocenters. The van der Waals surface area contributed by atoms with Gasteiger partial charge in [-0.25, -0.2) is 9.97 Å². The molecule has 0 bridgehead atoms. The third-order valence-electron chi connectivity index (χ3n) is 3.81. The SMILES string of the molecule is CC(C)(C)c1ncc2c(n1)CN(Cc1ccccn1)CC2. The number of fused-ring (bicyclic) bond motifs is 1. The number of aromatic nitrogens is 3. The van der Waals surface area contributed by atoms with E-state index in [0.717, 1.165) is 37.6 Å². The van der Waals surface area contributed by atoms with Gasteiger partial charge in [0.2, 0.25) is 0 Å². The minimum Gasteiger partial charge on any atom is -0.291 e. The topological polar surface area (TPSA) is 41.9 Å². The maximum atomic E-state index is 4.80. The van der Waals surface area contributed by atoms with Gasteiger partial charge in [-0.05, 0) is 24.1 Å². The number of pyridine rings is 1. The number of rotatable bonds is 2. The van der Waals surface area contributed by atoms with Crippen molar-refractivity contribution >= 4 is 0 Å². The molecule has 1 aliphatic heterocycles. The molecule has 0 radical (unpaired) electrons. The fraction of sp³-hybridized carbons (Fsp3) is 0.471. The lowest BCUT2D eigenvalue weighted by atomic mass is 9.95. The first-order valence-electron chi connectivity index (χ1n) is 7.50. The molecule has 0 saturated carbocycles. The van der Waals surface area contributed by atoms with E-state index in [2.05, 4.69) is 41.7 Å². The van der Waals surface area contributed by atoms with E-state index in [1.165, 1.54) is 11.3 Å². The summed E-state index contributed by atoms with van der Waals surface area (Å²) in [6, 6.07) is 6.08. The van der Waals surface area contributed by atoms with Crippen LogP contribution < -0.4 is 0 Å². The van der Waals surface area contributed by atoms with Crippen LogP contribution in [0.2, 0.25) is 0 Å². The van der Waals surface area contributed by atoms with Crippen LogP contribution in [0.5, 0.6) is 0 Å². The van der Waals surface area contributed by atoms with Gasteiger partial charge in [-0.1, -0.05) is 26.8 Å². The van der Waals surface area contributed by atoms with Gasteiger partial charge >= 0.3 is 0 Å². The van der Waals surface area contributed by atoms with Gasteiger partial charge in [0.25, 0.3) is 0 Å². The Morgan fingerprint density at radius 2 is 2.05 bits per heavy atom. The Morgan fingerprint density at radius 1 is 1.19 bits per heavy atom. The Labute approximate surface area is 126 Å². The molecule has 3 rings (SSSR count). The van der Waals surface area contributed by atoms with Gasteiger partial charge in [0.05, 0.1) is 11.4 Å². The van der Waals surface area contributed by atoms with E-state index < -0.39 is 0 Å². The van der Waals surface area contributed by atoms with E-state index in [1.54, 1.807) is 0 Å². The third-order valence-corrected chi connectivity index (χ3v) is 3.81. The molecular formula is C17H22N4. The molecule has 0 amide bonds. The molecule has 4 heteroatoms. The zero-order chi connectivity index (χ0) is 14.9. The van der Waals surface area contributed by atoms with E-state index in [0.29, 0.717) is 0 Å². The minimum absolute atomic E-state index is 0.00169. The van der Waals surface area contributed by atoms with E-state index in [1.807, 2.05) is 24.5 Å². The lowest BCUT2D eigenvalue weighted by molar-refractivity contribution is 0.237. The highest BCUT2D eigenvalue weighted by molar-refractivity contribution is 5.22. The minimum atomic E-state index is -0.00169. The van der Waals surface area contributed by atoms with Gasteiger partial charge in [-0.3, -0.25) is 9.88 Å². The lowest BCUT2D eigenvalue weighted by Crippen LogP contribution is -2.32. The van der Waals surface area contributed by atoms with Crippen LogP contribution in [0.25, 0.3) is 0 Å². The van der Waals surface area contributed by atoms with Gasteiger partial charge in [-0.15, -0.1) is 0 Å². The van der Waals surface area contributed by atoms with Crippen molar-refractivity contribution in [1.82, 2.24) is 19.9 Å². The van der Waals surface area contributed by atoms with E-state index >= 15 is 0 Å². The van der Waals surface area contributed by atoms with Gasteiger partial charge < -0.3 is 0 Å². The Bertz CT molecular complexity index is 616. The molecule has 1 aliphatic rings. The van der Waals surface area contributed by atoms with Crippen LogP contribution in [0, 0.1) is 0 Å². The maximum absolute atomic E-state index is 4.80. The first kappa shape index (κ1) is 14.1. The largest absolute Gasteiger partial charge is 0.291 e. The molecule has 4 nitrogen and oxygen atoms in total. The van der Waals surface area contributed by atoms with Gasteiger partial charge in [0, 0.05) is 37.4 Å². The van der Waals surface area contributed by atoms with Crippen molar-refractivity contribution in [3.63, 3.8) is 0 Å². The monoisotopic (exact) mass is 282 g/mol. The zero-order valence-electron chi connectivity index (χ0n) is 13.0. The standard InChI is InChI=1S/C17H22N4/c1-17(2,3)16-19-10-13-7-9-21(12-15(13)20-16)11-14-6-4-5-8-18-14/h4-6,8,10H,7,9,11-12H2,1-3H3. The van der Waals surface area contributed by atoms with E-state index in [-0.39, 0.29) is 5.41 Å². The number of nitrogens with zero attached hydrogens (tertiary/aromatic N) is 4. The summed E-state index contributed by atoms with van der Waals surface area (Å²) in [5.41, 5.74) is 3.58. The molecule has 2 aromatic heterocycles. The fourth-order valence-corrected chi connectivity index (χ4v) is 2.57. The van der Waals surface area contributed by atoms with Crippen molar-refractivity contribution in [2.24, 2.45) is 0 Å². The number of hydrogen-bond acceptors (Lipinski definition) is 4. The molecule has 0 fully saturated rings. The Hall–Kier alpha value is -1.81. The highest BCUT2D eigenvalue weighted by atomic mass is 15.1. The summed E-state index contributed by atoms with van der Waals surface area (Å²) < 4.78 is 0. The van der Waals surface area contributed by atoms with E-state index in [9.17, 15) is 0 Å². The molecular weight excluding hydrogens is 260 g/mol. The second-order valence-electron chi connectivity index (χ2n) is 6.70. The first-order chi connectivity index (χ1) is 10.0. The van der Waals surface area contributed by atoms with Gasteiger partial charge in [0.15, 0.2) is 0 Å². The van der Waals surface area contributed by atoms with Crippen molar-refractivity contribution in [1.29, 1.82) is 0 Å². The molecule has 110 valence electrons. The molecule has 0 saturated heterocycles. The molecule has 2 aromatic rings. The second kappa shape index (κ2) is 5.53.